The molecular formula is C11H22N2O. The fourth-order valence-electron chi connectivity index (χ4n) is 2.24. The van der Waals surface area contributed by atoms with E-state index in [1.165, 1.54) is 38.5 Å². The van der Waals surface area contributed by atoms with E-state index >= 15 is 0 Å². The zero-order chi connectivity index (χ0) is 10.4. The fourth-order valence-corrected chi connectivity index (χ4v) is 2.24. The predicted molar refractivity (Wildman–Crippen MR) is 57.9 cm³/mol. The van der Waals surface area contributed by atoms with Crippen LogP contribution in [0.3, 0.4) is 0 Å². The Bertz CT molecular complexity index is 174. The number of nitrogens with two attached hydrogens (primary N) is 1. The average molecular weight is 198 g/mol. The zero-order valence-electron chi connectivity index (χ0n) is 9.09. The summed E-state index contributed by atoms with van der Waals surface area (Å²) in [5.74, 6) is 0.474. The molecule has 0 unspecified atom stereocenters. The molecule has 0 bridgehead atoms. The smallest absolute Gasteiger partial charge is 0.231 e. The topological polar surface area (TPSA) is 55.1 Å². The van der Waals surface area contributed by atoms with Gasteiger partial charge in [-0.2, -0.15) is 0 Å². The van der Waals surface area contributed by atoms with Crippen LogP contribution in [-0.4, -0.2) is 18.5 Å². The summed E-state index contributed by atoms with van der Waals surface area (Å²) in [7, 11) is 0. The molecule has 0 aromatic heterocycles. The maximum absolute atomic E-state index is 10.6. The molecule has 1 atom stereocenters. The minimum Gasteiger partial charge on any atom is -0.369 e. The van der Waals surface area contributed by atoms with Gasteiger partial charge in [-0.15, -0.1) is 0 Å². The molecule has 14 heavy (non-hydrogen) atoms. The summed E-state index contributed by atoms with van der Waals surface area (Å²) in [4.78, 5) is 10.6. The van der Waals surface area contributed by atoms with Gasteiger partial charge < -0.3 is 11.1 Å². The molecule has 0 aliphatic heterocycles. The largest absolute Gasteiger partial charge is 0.369 e. The number of rotatable bonds is 4. The van der Waals surface area contributed by atoms with E-state index in [2.05, 4.69) is 12.2 Å². The Morgan fingerprint density at radius 1 is 1.36 bits per heavy atom. The Morgan fingerprint density at radius 3 is 2.43 bits per heavy atom. The summed E-state index contributed by atoms with van der Waals surface area (Å²) in [6.07, 6.45) is 8.03. The first-order chi connectivity index (χ1) is 6.70. The van der Waals surface area contributed by atoms with Crippen LogP contribution in [0.5, 0.6) is 0 Å². The Morgan fingerprint density at radius 2 is 1.93 bits per heavy atom. The van der Waals surface area contributed by atoms with Crippen LogP contribution < -0.4 is 11.1 Å². The highest BCUT2D eigenvalue weighted by Crippen LogP contribution is 2.25. The maximum Gasteiger partial charge on any atom is 0.231 e. The van der Waals surface area contributed by atoms with Gasteiger partial charge in [0.2, 0.25) is 5.91 Å². The van der Waals surface area contributed by atoms with Crippen molar-refractivity contribution in [3.63, 3.8) is 0 Å². The SMILES string of the molecule is C[C@@H](NCC(N)=O)C1CCCCCC1. The molecule has 0 radical (unpaired) electrons. The number of carbonyl (C=O) groups is 1. The second kappa shape index (κ2) is 6.02. The normalized spacial score (nSPS) is 21.5. The van der Waals surface area contributed by atoms with Gasteiger partial charge in [-0.1, -0.05) is 25.7 Å². The average Bonchev–Trinajstić information content (AvgIpc) is 2.42. The van der Waals surface area contributed by atoms with E-state index in [-0.39, 0.29) is 5.91 Å². The molecule has 3 N–H and O–H groups in total. The molecular weight excluding hydrogens is 176 g/mol. The highest BCUT2D eigenvalue weighted by Gasteiger charge is 2.18. The van der Waals surface area contributed by atoms with Gasteiger partial charge in [-0.05, 0) is 25.7 Å². The summed E-state index contributed by atoms with van der Waals surface area (Å²) in [5.41, 5.74) is 5.10. The van der Waals surface area contributed by atoms with Gasteiger partial charge in [0.05, 0.1) is 6.54 Å². The number of hydrogen-bond donors (Lipinski definition) is 2. The lowest BCUT2D eigenvalue weighted by Crippen LogP contribution is -2.39. The highest BCUT2D eigenvalue weighted by atomic mass is 16.1. The van der Waals surface area contributed by atoms with Crippen molar-refractivity contribution in [1.29, 1.82) is 0 Å². The number of carbonyl (C=O) groups excluding carboxylic acids is 1. The van der Waals surface area contributed by atoms with Crippen molar-refractivity contribution in [3.05, 3.63) is 0 Å². The van der Waals surface area contributed by atoms with Crippen LogP contribution in [0.1, 0.15) is 45.4 Å². The van der Waals surface area contributed by atoms with Crippen molar-refractivity contribution in [3.8, 4) is 0 Å². The van der Waals surface area contributed by atoms with Gasteiger partial charge >= 0.3 is 0 Å². The molecule has 1 aliphatic rings. The molecule has 0 aromatic carbocycles. The third kappa shape index (κ3) is 4.09. The number of primary amides is 1. The molecule has 3 nitrogen and oxygen atoms in total. The maximum atomic E-state index is 10.6. The lowest BCUT2D eigenvalue weighted by Gasteiger charge is -2.22. The summed E-state index contributed by atoms with van der Waals surface area (Å²) in [6, 6.07) is 0.431. The molecule has 0 heterocycles. The van der Waals surface area contributed by atoms with Crippen LogP contribution in [0.4, 0.5) is 0 Å². The Kier molecular flexibility index (Phi) is 4.94. The molecule has 1 saturated carbocycles. The summed E-state index contributed by atoms with van der Waals surface area (Å²) >= 11 is 0. The molecule has 1 amide bonds. The minimum absolute atomic E-state index is 0.259. The predicted octanol–water partition coefficient (Wildman–Crippen LogP) is 1.42. The Hall–Kier alpha value is -0.570. The highest BCUT2D eigenvalue weighted by molar-refractivity contribution is 5.75. The first-order valence-electron chi connectivity index (χ1n) is 5.72. The van der Waals surface area contributed by atoms with Gasteiger partial charge in [0.1, 0.15) is 0 Å². The van der Waals surface area contributed by atoms with E-state index in [1.807, 2.05) is 0 Å². The first kappa shape index (κ1) is 11.5. The summed E-state index contributed by atoms with van der Waals surface area (Å²) < 4.78 is 0. The van der Waals surface area contributed by atoms with Gasteiger partial charge in [0.25, 0.3) is 0 Å². The van der Waals surface area contributed by atoms with E-state index < -0.39 is 0 Å². The van der Waals surface area contributed by atoms with Crippen molar-refractivity contribution < 1.29 is 4.79 Å². The molecule has 0 aromatic rings. The second-order valence-corrected chi connectivity index (χ2v) is 4.39. The molecule has 1 fully saturated rings. The fraction of sp³-hybridized carbons (Fsp3) is 0.909. The third-order valence-electron chi connectivity index (χ3n) is 3.21. The van der Waals surface area contributed by atoms with E-state index in [9.17, 15) is 4.79 Å². The lowest BCUT2D eigenvalue weighted by molar-refractivity contribution is -0.117. The summed E-state index contributed by atoms with van der Waals surface area (Å²) in [6.45, 7) is 2.48. The van der Waals surface area contributed by atoms with Crippen molar-refractivity contribution in [2.75, 3.05) is 6.54 Å². The van der Waals surface area contributed by atoms with Crippen molar-refractivity contribution in [2.45, 2.75) is 51.5 Å². The molecule has 3 heteroatoms. The van der Waals surface area contributed by atoms with Crippen molar-refractivity contribution in [2.24, 2.45) is 11.7 Å². The standard InChI is InChI=1S/C11H22N2O/c1-9(13-8-11(12)14)10-6-4-2-3-5-7-10/h9-10,13H,2-8H2,1H3,(H2,12,14)/t9-/m1/s1. The van der Waals surface area contributed by atoms with Gasteiger partial charge in [0.15, 0.2) is 0 Å². The monoisotopic (exact) mass is 198 g/mol. The third-order valence-corrected chi connectivity index (χ3v) is 3.21. The van der Waals surface area contributed by atoms with E-state index in [0.717, 1.165) is 5.92 Å². The molecule has 1 aliphatic carbocycles. The molecule has 1 rings (SSSR count). The Labute approximate surface area is 86.4 Å². The minimum atomic E-state index is -0.259. The quantitative estimate of drug-likeness (QED) is 0.671. The Balaban J connectivity index is 2.26. The van der Waals surface area contributed by atoms with Gasteiger partial charge in [-0.3, -0.25) is 4.79 Å². The van der Waals surface area contributed by atoms with Crippen LogP contribution in [0.25, 0.3) is 0 Å². The van der Waals surface area contributed by atoms with E-state index in [1.54, 1.807) is 0 Å². The van der Waals surface area contributed by atoms with Gasteiger partial charge in [-0.25, -0.2) is 0 Å². The zero-order valence-corrected chi connectivity index (χ0v) is 9.09. The van der Waals surface area contributed by atoms with Crippen LogP contribution >= 0.6 is 0 Å². The lowest BCUT2D eigenvalue weighted by atomic mass is 9.93. The van der Waals surface area contributed by atoms with Crippen LogP contribution in [0.2, 0.25) is 0 Å². The van der Waals surface area contributed by atoms with E-state index in [4.69, 9.17) is 5.73 Å². The summed E-state index contributed by atoms with van der Waals surface area (Å²) in [5, 5.41) is 3.20. The number of nitrogens with one attached hydrogen (secondary N) is 1. The van der Waals surface area contributed by atoms with Crippen molar-refractivity contribution in [1.82, 2.24) is 5.32 Å². The van der Waals surface area contributed by atoms with Gasteiger partial charge in [0, 0.05) is 6.04 Å². The molecule has 0 saturated heterocycles. The number of amides is 1. The molecule has 0 spiro atoms. The van der Waals surface area contributed by atoms with Crippen LogP contribution in [0.15, 0.2) is 0 Å². The first-order valence-corrected chi connectivity index (χ1v) is 5.72. The molecule has 82 valence electrons. The van der Waals surface area contributed by atoms with Crippen LogP contribution in [0, 0.1) is 5.92 Å². The van der Waals surface area contributed by atoms with Crippen molar-refractivity contribution >= 4 is 5.91 Å². The number of hydrogen-bond acceptors (Lipinski definition) is 2. The second-order valence-electron chi connectivity index (χ2n) is 4.39. The van der Waals surface area contributed by atoms with E-state index in [0.29, 0.717) is 12.6 Å². The van der Waals surface area contributed by atoms with Crippen LogP contribution in [-0.2, 0) is 4.79 Å².